The topological polar surface area (TPSA) is 89.9 Å². The lowest BCUT2D eigenvalue weighted by atomic mass is 9.90. The zero-order chi connectivity index (χ0) is 15.1. The third-order valence-corrected chi connectivity index (χ3v) is 4.02. The van der Waals surface area contributed by atoms with Crippen LogP contribution in [0.5, 0.6) is 11.5 Å². The summed E-state index contributed by atoms with van der Waals surface area (Å²) < 4.78 is 0. The fourth-order valence-corrected chi connectivity index (χ4v) is 2.95. The number of carbonyl (C=O) groups excluding carboxylic acids is 2. The number of halogens is 2. The Bertz CT molecular complexity index is 682. The molecule has 0 radical (unpaired) electrons. The standard InChI is InChI=1S/C14H13ClN2O4.ClH/c15-11-12(17-5-3-16-4-6-17)14(21)10-8(19)2-1-7(18)9(10)13(11)20;/h1-2,16,18-19H,3-6H2;1H. The van der Waals surface area contributed by atoms with Gasteiger partial charge in [0.2, 0.25) is 11.6 Å². The van der Waals surface area contributed by atoms with E-state index in [0.717, 1.165) is 0 Å². The van der Waals surface area contributed by atoms with Crippen LogP contribution in [0.1, 0.15) is 20.7 Å². The van der Waals surface area contributed by atoms with Crippen LogP contribution in [-0.4, -0.2) is 52.9 Å². The average Bonchev–Trinajstić information content (AvgIpc) is 2.48. The lowest BCUT2D eigenvalue weighted by molar-refractivity contribution is 0.0937. The molecule has 1 aromatic rings. The number of hydrogen-bond acceptors (Lipinski definition) is 6. The molecule has 1 heterocycles. The van der Waals surface area contributed by atoms with Crippen molar-refractivity contribution in [3.8, 4) is 11.5 Å². The van der Waals surface area contributed by atoms with Crippen molar-refractivity contribution >= 4 is 35.6 Å². The van der Waals surface area contributed by atoms with Gasteiger partial charge in [-0.25, -0.2) is 0 Å². The van der Waals surface area contributed by atoms with Crippen molar-refractivity contribution in [1.29, 1.82) is 0 Å². The first-order chi connectivity index (χ1) is 10.0. The zero-order valence-electron chi connectivity index (χ0n) is 11.4. The largest absolute Gasteiger partial charge is 0.507 e. The molecule has 8 heteroatoms. The van der Waals surface area contributed by atoms with Gasteiger partial charge >= 0.3 is 0 Å². The van der Waals surface area contributed by atoms with Crippen molar-refractivity contribution in [3.63, 3.8) is 0 Å². The van der Waals surface area contributed by atoms with Gasteiger partial charge in [-0.1, -0.05) is 11.6 Å². The first kappa shape index (κ1) is 16.6. The molecule has 0 amide bonds. The second-order valence-corrected chi connectivity index (χ2v) is 5.29. The number of hydrogen-bond donors (Lipinski definition) is 3. The van der Waals surface area contributed by atoms with Gasteiger partial charge < -0.3 is 20.4 Å². The Morgan fingerprint density at radius 2 is 1.50 bits per heavy atom. The fourth-order valence-electron chi connectivity index (χ4n) is 2.65. The molecule has 1 saturated heterocycles. The van der Waals surface area contributed by atoms with Crippen LogP contribution in [0.4, 0.5) is 0 Å². The number of nitrogens with zero attached hydrogens (tertiary/aromatic N) is 1. The fraction of sp³-hybridized carbons (Fsp3) is 0.286. The Morgan fingerprint density at radius 1 is 1.00 bits per heavy atom. The summed E-state index contributed by atoms with van der Waals surface area (Å²) in [5, 5.41) is 22.6. The lowest BCUT2D eigenvalue weighted by Gasteiger charge is -2.33. The summed E-state index contributed by atoms with van der Waals surface area (Å²) in [6.07, 6.45) is 0. The molecule has 0 unspecified atom stereocenters. The monoisotopic (exact) mass is 344 g/mol. The molecule has 2 aliphatic rings. The van der Waals surface area contributed by atoms with E-state index in [-0.39, 0.29) is 45.8 Å². The van der Waals surface area contributed by atoms with Gasteiger partial charge in [-0.2, -0.15) is 0 Å². The second-order valence-electron chi connectivity index (χ2n) is 4.91. The molecule has 3 rings (SSSR count). The number of carbonyl (C=O) groups is 2. The highest BCUT2D eigenvalue weighted by Crippen LogP contribution is 2.39. The molecule has 3 N–H and O–H groups in total. The number of nitrogens with one attached hydrogen (secondary N) is 1. The van der Waals surface area contributed by atoms with Gasteiger partial charge in [-0.15, -0.1) is 12.4 Å². The van der Waals surface area contributed by atoms with E-state index >= 15 is 0 Å². The number of rotatable bonds is 1. The first-order valence-electron chi connectivity index (χ1n) is 6.52. The Balaban J connectivity index is 0.00000176. The highest BCUT2D eigenvalue weighted by Gasteiger charge is 2.38. The summed E-state index contributed by atoms with van der Waals surface area (Å²) in [7, 11) is 0. The van der Waals surface area contributed by atoms with Crippen LogP contribution in [0.2, 0.25) is 0 Å². The van der Waals surface area contributed by atoms with E-state index in [9.17, 15) is 19.8 Å². The maximum absolute atomic E-state index is 12.6. The molecule has 6 nitrogen and oxygen atoms in total. The number of Topliss-reactive ketones (excluding diaryl/α,β-unsaturated/α-hetero) is 2. The molecule has 0 aromatic heterocycles. The summed E-state index contributed by atoms with van der Waals surface area (Å²) in [5.74, 6) is -1.88. The maximum Gasteiger partial charge on any atom is 0.215 e. The minimum absolute atomic E-state index is 0. The van der Waals surface area contributed by atoms with E-state index in [1.807, 2.05) is 0 Å². The first-order valence-corrected chi connectivity index (χ1v) is 6.90. The van der Waals surface area contributed by atoms with Crippen molar-refractivity contribution in [2.75, 3.05) is 26.2 Å². The Kier molecular flexibility index (Phi) is 4.65. The summed E-state index contributed by atoms with van der Waals surface area (Å²) in [5.41, 5.74) is -0.321. The van der Waals surface area contributed by atoms with Crippen LogP contribution < -0.4 is 5.32 Å². The van der Waals surface area contributed by atoms with Crippen LogP contribution in [0.25, 0.3) is 0 Å². The van der Waals surface area contributed by atoms with Crippen LogP contribution in [0.15, 0.2) is 22.9 Å². The molecule has 0 bridgehead atoms. The van der Waals surface area contributed by atoms with Crippen molar-refractivity contribution in [2.45, 2.75) is 0 Å². The van der Waals surface area contributed by atoms with Gasteiger partial charge in [0.1, 0.15) is 22.2 Å². The molecular weight excluding hydrogens is 331 g/mol. The van der Waals surface area contributed by atoms with Crippen LogP contribution in [0, 0.1) is 0 Å². The quantitative estimate of drug-likeness (QED) is 0.664. The Labute approximate surface area is 137 Å². The molecular formula is C14H14Cl2N2O4. The number of allylic oxidation sites excluding steroid dienone is 2. The second kappa shape index (κ2) is 6.16. The summed E-state index contributed by atoms with van der Waals surface area (Å²) in [6, 6.07) is 2.35. The van der Waals surface area contributed by atoms with Crippen molar-refractivity contribution < 1.29 is 19.8 Å². The zero-order valence-corrected chi connectivity index (χ0v) is 13.0. The molecule has 1 fully saturated rings. The van der Waals surface area contributed by atoms with Gasteiger partial charge in [0.25, 0.3) is 0 Å². The minimum Gasteiger partial charge on any atom is -0.507 e. The molecule has 22 heavy (non-hydrogen) atoms. The van der Waals surface area contributed by atoms with Crippen LogP contribution in [-0.2, 0) is 0 Å². The van der Waals surface area contributed by atoms with Crippen LogP contribution in [0.3, 0.4) is 0 Å². The third kappa shape index (κ3) is 2.43. The number of aromatic hydroxyl groups is 2. The number of fused-ring (bicyclic) bond motifs is 1. The molecule has 0 atom stereocenters. The van der Waals surface area contributed by atoms with E-state index in [2.05, 4.69) is 5.32 Å². The summed E-state index contributed by atoms with van der Waals surface area (Å²) in [6.45, 7) is 2.43. The Morgan fingerprint density at radius 3 is 2.05 bits per heavy atom. The molecule has 0 spiro atoms. The third-order valence-electron chi connectivity index (χ3n) is 3.67. The predicted octanol–water partition coefficient (Wildman–Crippen LogP) is 1.25. The highest BCUT2D eigenvalue weighted by molar-refractivity contribution is 6.50. The van der Waals surface area contributed by atoms with Gasteiger partial charge in [0.15, 0.2) is 0 Å². The SMILES string of the molecule is Cl.O=C1C(Cl)=C(N2CCNCC2)C(=O)c2c(O)ccc(O)c21. The Hall–Kier alpha value is -1.76. The van der Waals surface area contributed by atoms with E-state index in [4.69, 9.17) is 11.6 Å². The molecule has 118 valence electrons. The average molecular weight is 345 g/mol. The lowest BCUT2D eigenvalue weighted by Crippen LogP contribution is -2.45. The number of phenols is 2. The molecule has 1 aromatic carbocycles. The van der Waals surface area contributed by atoms with E-state index < -0.39 is 11.6 Å². The number of benzene rings is 1. The minimum atomic E-state index is -0.645. The van der Waals surface area contributed by atoms with Gasteiger partial charge in [0.05, 0.1) is 11.1 Å². The number of piperazine rings is 1. The molecule has 0 saturated carbocycles. The smallest absolute Gasteiger partial charge is 0.215 e. The van der Waals surface area contributed by atoms with Crippen molar-refractivity contribution in [3.05, 3.63) is 34.0 Å². The number of ketones is 2. The van der Waals surface area contributed by atoms with Gasteiger partial charge in [-0.05, 0) is 12.1 Å². The summed E-state index contributed by atoms with van der Waals surface area (Å²) >= 11 is 6.07. The number of phenolic OH excluding ortho intramolecular Hbond substituents is 2. The van der Waals surface area contributed by atoms with E-state index in [0.29, 0.717) is 26.2 Å². The van der Waals surface area contributed by atoms with Gasteiger partial charge in [-0.3, -0.25) is 9.59 Å². The summed E-state index contributed by atoms with van der Waals surface area (Å²) in [4.78, 5) is 26.7. The van der Waals surface area contributed by atoms with Crippen molar-refractivity contribution in [1.82, 2.24) is 10.2 Å². The molecule has 1 aliphatic carbocycles. The normalized spacial score (nSPS) is 18.1. The van der Waals surface area contributed by atoms with E-state index in [1.165, 1.54) is 12.1 Å². The predicted molar refractivity (Wildman–Crippen MR) is 83.0 cm³/mol. The van der Waals surface area contributed by atoms with E-state index in [1.54, 1.807) is 4.90 Å². The molecule has 1 aliphatic heterocycles. The van der Waals surface area contributed by atoms with Gasteiger partial charge in [0, 0.05) is 26.2 Å². The van der Waals surface area contributed by atoms with Crippen LogP contribution >= 0.6 is 24.0 Å². The highest BCUT2D eigenvalue weighted by atomic mass is 35.5. The maximum atomic E-state index is 12.6. The van der Waals surface area contributed by atoms with Crippen molar-refractivity contribution in [2.24, 2.45) is 0 Å².